The van der Waals surface area contributed by atoms with Gasteiger partial charge in [0.15, 0.2) is 0 Å². The summed E-state index contributed by atoms with van der Waals surface area (Å²) in [4.78, 5) is 13.0. The summed E-state index contributed by atoms with van der Waals surface area (Å²) in [5.74, 6) is -0.0356. The molecule has 0 saturated carbocycles. The fraction of sp³-hybridized carbons (Fsp3) is 0.200. The highest BCUT2D eigenvalue weighted by Gasteiger charge is 2.26. The van der Waals surface area contributed by atoms with Crippen molar-refractivity contribution in [2.45, 2.75) is 25.2 Å². The molecular formula is C30H30Cl2N4O4S. The zero-order valence-corrected chi connectivity index (χ0v) is 25.2. The topological polar surface area (TPSA) is 93.0 Å². The Labute approximate surface area is 250 Å². The summed E-state index contributed by atoms with van der Waals surface area (Å²) in [6.45, 7) is 3.56. The third kappa shape index (κ3) is 7.56. The van der Waals surface area contributed by atoms with Crippen LogP contribution in [-0.4, -0.2) is 49.6 Å². The van der Waals surface area contributed by atoms with Gasteiger partial charge in [-0.25, -0.2) is 13.8 Å². The summed E-state index contributed by atoms with van der Waals surface area (Å²) in [6, 6.07) is 22.7. The molecule has 4 aromatic rings. The van der Waals surface area contributed by atoms with Gasteiger partial charge in [-0.1, -0.05) is 53.5 Å². The number of nitrogens with zero attached hydrogens (tertiary/aromatic N) is 3. The van der Waals surface area contributed by atoms with Gasteiger partial charge < -0.3 is 9.30 Å². The normalized spacial score (nSPS) is 11.8. The molecule has 0 bridgehead atoms. The molecular weight excluding hydrogens is 583 g/mol. The molecule has 0 atom stereocenters. The zero-order chi connectivity index (χ0) is 29.6. The van der Waals surface area contributed by atoms with Crippen molar-refractivity contribution < 1.29 is 17.9 Å². The van der Waals surface area contributed by atoms with E-state index >= 15 is 0 Å². The van der Waals surface area contributed by atoms with E-state index in [9.17, 15) is 13.2 Å². The van der Waals surface area contributed by atoms with Gasteiger partial charge in [-0.05, 0) is 74.4 Å². The second-order valence-corrected chi connectivity index (χ2v) is 12.1. The first kappa shape index (κ1) is 30.3. The van der Waals surface area contributed by atoms with Crippen LogP contribution < -0.4 is 10.2 Å². The minimum absolute atomic E-state index is 0.0659. The van der Waals surface area contributed by atoms with Gasteiger partial charge in [0, 0.05) is 39.2 Å². The van der Waals surface area contributed by atoms with Crippen LogP contribution in [0.2, 0.25) is 10.0 Å². The molecule has 1 amide bonds. The van der Waals surface area contributed by atoms with Crippen molar-refractivity contribution in [1.29, 1.82) is 0 Å². The monoisotopic (exact) mass is 612 g/mol. The van der Waals surface area contributed by atoms with E-state index < -0.39 is 22.5 Å². The Morgan fingerprint density at radius 1 is 1.00 bits per heavy atom. The second-order valence-electron chi connectivity index (χ2n) is 9.33. The highest BCUT2D eigenvalue weighted by atomic mass is 35.5. The summed E-state index contributed by atoms with van der Waals surface area (Å²) < 4.78 is 35.3. The molecule has 0 aliphatic carbocycles. The molecule has 4 rings (SSSR count). The Morgan fingerprint density at radius 3 is 2.29 bits per heavy atom. The molecule has 214 valence electrons. The maximum Gasteiger partial charge on any atom is 0.255 e. The predicted octanol–water partition coefficient (Wildman–Crippen LogP) is 5.79. The molecule has 0 unspecified atom stereocenters. The van der Waals surface area contributed by atoms with E-state index in [0.29, 0.717) is 22.2 Å². The quantitative estimate of drug-likeness (QED) is 0.171. The van der Waals surface area contributed by atoms with Crippen molar-refractivity contribution in [3.05, 3.63) is 111 Å². The molecule has 0 aliphatic heterocycles. The Hall–Kier alpha value is -3.63. The largest absolute Gasteiger partial charge is 0.497 e. The van der Waals surface area contributed by atoms with E-state index in [1.54, 1.807) is 18.2 Å². The average molecular weight is 614 g/mol. The van der Waals surface area contributed by atoms with Gasteiger partial charge in [0.1, 0.15) is 5.75 Å². The molecule has 11 heteroatoms. The number of nitrogens with one attached hydrogen (secondary N) is 1. The Morgan fingerprint density at radius 2 is 1.66 bits per heavy atom. The number of hydrazone groups is 1. The van der Waals surface area contributed by atoms with Crippen LogP contribution in [0.4, 0.5) is 0 Å². The van der Waals surface area contributed by atoms with Crippen molar-refractivity contribution >= 4 is 45.3 Å². The molecule has 1 heterocycles. The number of methoxy groups -OCH3 is 1. The van der Waals surface area contributed by atoms with Crippen LogP contribution in [0, 0.1) is 13.8 Å². The summed E-state index contributed by atoms with van der Waals surface area (Å²) in [7, 11) is -2.47. The zero-order valence-electron chi connectivity index (χ0n) is 22.8. The fourth-order valence-corrected chi connectivity index (χ4v) is 6.34. The number of sulfonamides is 1. The van der Waals surface area contributed by atoms with Crippen LogP contribution in [0.3, 0.4) is 0 Å². The van der Waals surface area contributed by atoms with Crippen LogP contribution >= 0.6 is 23.2 Å². The Balaban J connectivity index is 1.50. The van der Waals surface area contributed by atoms with Crippen LogP contribution in [-0.2, 0) is 21.2 Å². The highest BCUT2D eigenvalue weighted by molar-refractivity contribution is 7.89. The maximum atomic E-state index is 13.5. The Kier molecular flexibility index (Phi) is 9.88. The average Bonchev–Trinajstić information content (AvgIpc) is 3.23. The number of amides is 1. The summed E-state index contributed by atoms with van der Waals surface area (Å²) in [6.07, 6.45) is 1.96. The molecule has 1 N–H and O–H groups in total. The number of rotatable bonds is 11. The van der Waals surface area contributed by atoms with Crippen LogP contribution in [0.1, 0.15) is 22.5 Å². The van der Waals surface area contributed by atoms with E-state index in [1.807, 2.05) is 66.9 Å². The fourth-order valence-electron chi connectivity index (χ4n) is 4.43. The second kappa shape index (κ2) is 13.4. The van der Waals surface area contributed by atoms with Crippen LogP contribution in [0.15, 0.2) is 88.9 Å². The molecule has 1 aromatic heterocycles. The Bertz CT molecular complexity index is 1630. The lowest BCUT2D eigenvalue weighted by Crippen LogP contribution is -2.40. The van der Waals surface area contributed by atoms with E-state index in [0.717, 1.165) is 32.5 Å². The van der Waals surface area contributed by atoms with E-state index in [2.05, 4.69) is 10.5 Å². The molecule has 0 aliphatic rings. The van der Waals surface area contributed by atoms with Crippen molar-refractivity contribution in [2.24, 2.45) is 5.10 Å². The van der Waals surface area contributed by atoms with Gasteiger partial charge in [-0.3, -0.25) is 4.79 Å². The summed E-state index contributed by atoms with van der Waals surface area (Å²) in [5.41, 5.74) is 6.79. The van der Waals surface area contributed by atoms with E-state index in [-0.39, 0.29) is 11.4 Å². The van der Waals surface area contributed by atoms with E-state index in [1.165, 1.54) is 25.5 Å². The summed E-state index contributed by atoms with van der Waals surface area (Å²) >= 11 is 12.4. The van der Waals surface area contributed by atoms with Gasteiger partial charge in [0.2, 0.25) is 10.0 Å². The number of carbonyl (C=O) groups excluding carboxylic acids is 1. The van der Waals surface area contributed by atoms with Crippen molar-refractivity contribution in [3.8, 4) is 11.4 Å². The van der Waals surface area contributed by atoms with E-state index in [4.69, 9.17) is 27.9 Å². The lowest BCUT2D eigenvalue weighted by molar-refractivity contribution is -0.121. The van der Waals surface area contributed by atoms with Crippen molar-refractivity contribution in [3.63, 3.8) is 0 Å². The molecule has 0 radical (unpaired) electrons. The molecule has 0 saturated heterocycles. The molecule has 3 aromatic carbocycles. The number of benzene rings is 3. The lowest BCUT2D eigenvalue weighted by Gasteiger charge is -2.21. The number of hydrogen-bond donors (Lipinski definition) is 1. The van der Waals surface area contributed by atoms with Crippen LogP contribution in [0.25, 0.3) is 5.69 Å². The molecule has 8 nitrogen and oxygen atoms in total. The highest BCUT2D eigenvalue weighted by Crippen LogP contribution is 2.26. The molecule has 0 fully saturated rings. The predicted molar refractivity (Wildman–Crippen MR) is 163 cm³/mol. The number of ether oxygens (including phenoxy) is 1. The minimum atomic E-state index is -3.98. The smallest absolute Gasteiger partial charge is 0.255 e. The number of hydrogen-bond acceptors (Lipinski definition) is 5. The van der Waals surface area contributed by atoms with Crippen LogP contribution in [0.5, 0.6) is 5.75 Å². The van der Waals surface area contributed by atoms with Gasteiger partial charge in [0.25, 0.3) is 5.91 Å². The number of aromatic nitrogens is 1. The number of halogens is 2. The van der Waals surface area contributed by atoms with Gasteiger partial charge in [0.05, 0.1) is 24.8 Å². The van der Waals surface area contributed by atoms with Gasteiger partial charge >= 0.3 is 0 Å². The third-order valence-electron chi connectivity index (χ3n) is 6.48. The number of carbonyl (C=O) groups is 1. The lowest BCUT2D eigenvalue weighted by atomic mass is 10.1. The minimum Gasteiger partial charge on any atom is -0.497 e. The summed E-state index contributed by atoms with van der Waals surface area (Å²) in [5, 5.41) is 5.14. The van der Waals surface area contributed by atoms with Gasteiger partial charge in [-0.15, -0.1) is 0 Å². The van der Waals surface area contributed by atoms with Crippen molar-refractivity contribution in [2.75, 3.05) is 20.2 Å². The first-order valence-corrected chi connectivity index (χ1v) is 14.9. The van der Waals surface area contributed by atoms with Gasteiger partial charge in [-0.2, -0.15) is 9.41 Å². The molecule has 0 spiro atoms. The maximum absolute atomic E-state index is 13.5. The SMILES string of the molecule is COc1ccc(S(=O)(=O)N(CCc2ccccc2)CC(=O)N/N=C/c2cc(C)n(-c3cc(Cl)cc(Cl)c3)c2C)cc1. The standard InChI is InChI=1S/C30H30Cl2N4O4S/c1-21-15-24(22(2)36(21)27-17-25(31)16-26(32)18-27)19-33-34-30(37)20-35(14-13-23-7-5-4-6-8-23)41(38,39)29-11-9-28(40-3)10-12-29/h4-12,15-19H,13-14,20H2,1-3H3,(H,34,37)/b33-19+. The first-order chi connectivity index (χ1) is 19.6. The first-order valence-electron chi connectivity index (χ1n) is 12.7. The van der Waals surface area contributed by atoms with Crippen molar-refractivity contribution in [1.82, 2.24) is 14.3 Å². The third-order valence-corrected chi connectivity index (χ3v) is 8.77. The number of aryl methyl sites for hydroxylation is 1. The molecule has 41 heavy (non-hydrogen) atoms.